The lowest BCUT2D eigenvalue weighted by Crippen LogP contribution is -2.29. The van der Waals surface area contributed by atoms with Crippen molar-refractivity contribution in [3.05, 3.63) is 72.6 Å². The van der Waals surface area contributed by atoms with Gasteiger partial charge in [0, 0.05) is 23.6 Å². The van der Waals surface area contributed by atoms with Gasteiger partial charge in [-0.05, 0) is 23.6 Å². The van der Waals surface area contributed by atoms with Crippen molar-refractivity contribution in [1.82, 2.24) is 0 Å². The van der Waals surface area contributed by atoms with Gasteiger partial charge in [0.1, 0.15) is 0 Å². The number of carbonyl (C=O) groups is 1. The molecule has 98 valence electrons. The number of nitrogens with zero attached hydrogens (tertiary/aromatic N) is 1. The van der Waals surface area contributed by atoms with Gasteiger partial charge >= 0.3 is 5.97 Å². The van der Waals surface area contributed by atoms with E-state index in [2.05, 4.69) is 24.4 Å². The Labute approximate surface area is 117 Å². The van der Waals surface area contributed by atoms with Crippen LogP contribution in [-0.4, -0.2) is 13.1 Å². The van der Waals surface area contributed by atoms with Gasteiger partial charge in [-0.25, -0.2) is 4.79 Å². The number of rotatable bonds is 2. The van der Waals surface area contributed by atoms with Gasteiger partial charge in [0.25, 0.3) is 0 Å². The molecule has 0 aliphatic carbocycles. The van der Waals surface area contributed by atoms with E-state index in [1.54, 1.807) is 12.1 Å². The Bertz CT molecular complexity index is 763. The Balaban J connectivity index is 2.00. The van der Waals surface area contributed by atoms with Crippen molar-refractivity contribution in [3.8, 4) is 5.69 Å². The van der Waals surface area contributed by atoms with Crippen molar-refractivity contribution >= 4 is 16.7 Å². The fourth-order valence-electron chi connectivity index (χ4n) is 2.18. The first-order chi connectivity index (χ1) is 9.78. The summed E-state index contributed by atoms with van der Waals surface area (Å²) in [5.41, 5.74) is 1.56. The zero-order chi connectivity index (χ0) is 13.9. The maximum absolute atomic E-state index is 11.4. The average Bonchev–Trinajstić information content (AvgIpc) is 2.54. The van der Waals surface area contributed by atoms with Gasteiger partial charge in [0.2, 0.25) is 5.69 Å². The molecule has 0 aliphatic heterocycles. The van der Waals surface area contributed by atoms with Crippen LogP contribution in [0.3, 0.4) is 0 Å². The van der Waals surface area contributed by atoms with Gasteiger partial charge in [-0.1, -0.05) is 18.2 Å². The molecule has 0 saturated carbocycles. The summed E-state index contributed by atoms with van der Waals surface area (Å²) in [5, 5.41) is 2.38. The molecule has 0 fully saturated rings. The molecule has 1 heterocycles. The topological polar surface area (TPSA) is 30.2 Å². The third-order valence-corrected chi connectivity index (χ3v) is 3.28. The summed E-state index contributed by atoms with van der Waals surface area (Å²) in [4.78, 5) is 11.4. The fraction of sp³-hybridized carbons (Fsp3) is 0.0588. The van der Waals surface area contributed by atoms with E-state index in [1.165, 1.54) is 17.9 Å². The maximum Gasteiger partial charge on any atom is 0.337 e. The third-order valence-electron chi connectivity index (χ3n) is 3.28. The molecule has 2 aromatic carbocycles. The summed E-state index contributed by atoms with van der Waals surface area (Å²) >= 11 is 0. The van der Waals surface area contributed by atoms with E-state index < -0.39 is 0 Å². The minimum atomic E-state index is -0.319. The molecule has 0 amide bonds. The standard InChI is InChI=1S/C17H14NO2/c1-20-17(19)14-6-8-16(9-7-14)18-11-10-13-4-2-3-5-15(13)12-18/h2-12H,1H3/q+1. The lowest BCUT2D eigenvalue weighted by atomic mass is 10.1. The second-order valence-corrected chi connectivity index (χ2v) is 4.52. The Morgan fingerprint density at radius 2 is 1.65 bits per heavy atom. The average molecular weight is 264 g/mol. The number of hydrogen-bond donors (Lipinski definition) is 0. The second kappa shape index (κ2) is 5.13. The summed E-state index contributed by atoms with van der Waals surface area (Å²) in [5.74, 6) is -0.319. The Kier molecular flexibility index (Phi) is 3.17. The molecule has 3 nitrogen and oxygen atoms in total. The van der Waals surface area contributed by atoms with Crippen molar-refractivity contribution in [1.29, 1.82) is 0 Å². The molecule has 0 atom stereocenters. The fourth-order valence-corrected chi connectivity index (χ4v) is 2.18. The van der Waals surface area contributed by atoms with Crippen LogP contribution in [0.25, 0.3) is 16.5 Å². The van der Waals surface area contributed by atoms with Crippen LogP contribution in [-0.2, 0) is 4.74 Å². The number of methoxy groups -OCH3 is 1. The van der Waals surface area contributed by atoms with Crippen molar-refractivity contribution in [2.45, 2.75) is 0 Å². The Morgan fingerprint density at radius 1 is 0.950 bits per heavy atom. The second-order valence-electron chi connectivity index (χ2n) is 4.52. The highest BCUT2D eigenvalue weighted by Gasteiger charge is 2.09. The summed E-state index contributed by atoms with van der Waals surface area (Å²) < 4.78 is 6.72. The monoisotopic (exact) mass is 264 g/mol. The molecule has 0 unspecified atom stereocenters. The van der Waals surface area contributed by atoms with Gasteiger partial charge in [-0.15, -0.1) is 0 Å². The van der Waals surface area contributed by atoms with E-state index >= 15 is 0 Å². The van der Waals surface area contributed by atoms with Gasteiger partial charge < -0.3 is 4.74 Å². The van der Waals surface area contributed by atoms with Crippen molar-refractivity contribution < 1.29 is 14.1 Å². The van der Waals surface area contributed by atoms with Gasteiger partial charge in [0.15, 0.2) is 12.4 Å². The minimum absolute atomic E-state index is 0.319. The van der Waals surface area contributed by atoms with Crippen LogP contribution in [0.5, 0.6) is 0 Å². The predicted molar refractivity (Wildman–Crippen MR) is 76.8 cm³/mol. The molecule has 0 spiro atoms. The Hall–Kier alpha value is -2.68. The van der Waals surface area contributed by atoms with Crippen LogP contribution in [0.2, 0.25) is 0 Å². The lowest BCUT2D eigenvalue weighted by molar-refractivity contribution is -0.594. The van der Waals surface area contributed by atoms with Gasteiger partial charge in [-0.3, -0.25) is 0 Å². The Morgan fingerprint density at radius 3 is 2.35 bits per heavy atom. The van der Waals surface area contributed by atoms with Crippen LogP contribution in [0.4, 0.5) is 0 Å². The third kappa shape index (κ3) is 2.26. The molecule has 0 saturated heterocycles. The van der Waals surface area contributed by atoms with Crippen LogP contribution in [0.1, 0.15) is 10.4 Å². The highest BCUT2D eigenvalue weighted by atomic mass is 16.5. The SMILES string of the molecule is COC(=O)c1ccc(-[n+]2ccc3ccccc3c2)cc1. The number of esters is 1. The van der Waals surface area contributed by atoms with Crippen LogP contribution < -0.4 is 4.57 Å². The number of carbonyl (C=O) groups excluding carboxylic acids is 1. The number of hydrogen-bond acceptors (Lipinski definition) is 2. The zero-order valence-electron chi connectivity index (χ0n) is 11.1. The van der Waals surface area contributed by atoms with Crippen molar-refractivity contribution in [3.63, 3.8) is 0 Å². The molecule has 0 radical (unpaired) electrons. The summed E-state index contributed by atoms with van der Waals surface area (Å²) in [6.45, 7) is 0. The summed E-state index contributed by atoms with van der Waals surface area (Å²) in [7, 11) is 1.38. The number of benzene rings is 2. The molecule has 20 heavy (non-hydrogen) atoms. The normalized spacial score (nSPS) is 10.4. The van der Waals surface area contributed by atoms with E-state index in [-0.39, 0.29) is 5.97 Å². The van der Waals surface area contributed by atoms with Gasteiger partial charge in [-0.2, -0.15) is 4.57 Å². The number of pyridine rings is 1. The van der Waals surface area contributed by atoms with E-state index in [4.69, 9.17) is 4.74 Å². The van der Waals surface area contributed by atoms with Gasteiger partial charge in [0.05, 0.1) is 12.7 Å². The molecule has 0 aliphatic rings. The molecular formula is C17H14NO2+. The number of aromatic nitrogens is 1. The zero-order valence-corrected chi connectivity index (χ0v) is 11.1. The number of fused-ring (bicyclic) bond motifs is 1. The summed E-state index contributed by atoms with van der Waals surface area (Å²) in [6, 6.07) is 17.6. The van der Waals surface area contributed by atoms with Crippen molar-refractivity contribution in [2.24, 2.45) is 0 Å². The van der Waals surface area contributed by atoms with E-state index in [1.807, 2.05) is 35.0 Å². The molecule has 0 N–H and O–H groups in total. The molecule has 3 aromatic rings. The molecule has 3 rings (SSSR count). The van der Waals surface area contributed by atoms with Crippen molar-refractivity contribution in [2.75, 3.05) is 7.11 Å². The van der Waals surface area contributed by atoms with E-state index in [0.717, 1.165) is 5.69 Å². The predicted octanol–water partition coefficient (Wildman–Crippen LogP) is 2.90. The van der Waals surface area contributed by atoms with Crippen LogP contribution in [0, 0.1) is 0 Å². The minimum Gasteiger partial charge on any atom is -0.465 e. The first kappa shape index (κ1) is 12.4. The summed E-state index contributed by atoms with van der Waals surface area (Å²) in [6.07, 6.45) is 4.08. The number of ether oxygens (including phenoxy) is 1. The first-order valence-corrected chi connectivity index (χ1v) is 6.37. The smallest absolute Gasteiger partial charge is 0.337 e. The highest BCUT2D eigenvalue weighted by Crippen LogP contribution is 2.12. The molecule has 0 bridgehead atoms. The highest BCUT2D eigenvalue weighted by molar-refractivity contribution is 5.89. The lowest BCUT2D eigenvalue weighted by Gasteiger charge is -2.00. The first-order valence-electron chi connectivity index (χ1n) is 6.37. The maximum atomic E-state index is 11.4. The largest absolute Gasteiger partial charge is 0.465 e. The molecule has 3 heteroatoms. The van der Waals surface area contributed by atoms with E-state index in [0.29, 0.717) is 5.56 Å². The quantitative estimate of drug-likeness (QED) is 0.526. The van der Waals surface area contributed by atoms with E-state index in [9.17, 15) is 4.79 Å². The molecular weight excluding hydrogens is 250 g/mol. The van der Waals surface area contributed by atoms with Crippen LogP contribution >= 0.6 is 0 Å². The van der Waals surface area contributed by atoms with Crippen LogP contribution in [0.15, 0.2) is 67.0 Å². The molecule has 1 aromatic heterocycles.